The Kier molecular flexibility index (Phi) is 4.30. The van der Waals surface area contributed by atoms with Crippen molar-refractivity contribution >= 4 is 5.91 Å². The molecule has 0 unspecified atom stereocenters. The molecule has 0 saturated carbocycles. The lowest BCUT2D eigenvalue weighted by Gasteiger charge is -2.42. The van der Waals surface area contributed by atoms with Crippen molar-refractivity contribution in [2.75, 3.05) is 19.8 Å². The van der Waals surface area contributed by atoms with Crippen LogP contribution in [-0.2, 0) is 4.74 Å². The number of carbonyl (C=O) groups is 1. The maximum Gasteiger partial charge on any atom is 0.254 e. The molecule has 1 saturated heterocycles. The van der Waals surface area contributed by atoms with Gasteiger partial charge in [-0.05, 0) is 44.2 Å². The minimum atomic E-state index is -0.308. The molecule has 1 aromatic heterocycles. The molecule has 3 rings (SSSR count). The molecule has 0 atom stereocenters. The summed E-state index contributed by atoms with van der Waals surface area (Å²) in [6.07, 6.45) is 3.33. The third-order valence-electron chi connectivity index (χ3n) is 3.86. The number of hydrogen-bond acceptors (Lipinski definition) is 4. The van der Waals surface area contributed by atoms with Crippen molar-refractivity contribution in [1.29, 1.82) is 0 Å². The molecule has 0 spiro atoms. The van der Waals surface area contributed by atoms with Crippen molar-refractivity contribution in [2.24, 2.45) is 0 Å². The van der Waals surface area contributed by atoms with Gasteiger partial charge in [0, 0.05) is 24.5 Å². The molecule has 1 fully saturated rings. The van der Waals surface area contributed by atoms with Gasteiger partial charge in [-0.25, -0.2) is 0 Å². The molecule has 5 heteroatoms. The minimum Gasteiger partial charge on any atom is -0.457 e. The van der Waals surface area contributed by atoms with Crippen LogP contribution in [0.4, 0.5) is 0 Å². The summed E-state index contributed by atoms with van der Waals surface area (Å²) < 4.78 is 11.3. The maximum atomic E-state index is 12.8. The van der Waals surface area contributed by atoms with Crippen LogP contribution >= 0.6 is 0 Å². The largest absolute Gasteiger partial charge is 0.457 e. The third-order valence-corrected chi connectivity index (χ3v) is 3.86. The Bertz CT molecular complexity index is 686. The van der Waals surface area contributed by atoms with Gasteiger partial charge in [0.1, 0.15) is 11.5 Å². The van der Waals surface area contributed by atoms with E-state index in [2.05, 4.69) is 4.98 Å². The molecule has 23 heavy (non-hydrogen) atoms. The van der Waals surface area contributed by atoms with E-state index in [0.717, 1.165) is 0 Å². The first-order chi connectivity index (χ1) is 11.1. The second kappa shape index (κ2) is 6.38. The zero-order valence-electron chi connectivity index (χ0n) is 13.4. The molecule has 0 aliphatic carbocycles. The van der Waals surface area contributed by atoms with Crippen LogP contribution in [-0.4, -0.2) is 41.1 Å². The number of rotatable bonds is 3. The molecular formula is C18H20N2O3. The van der Waals surface area contributed by atoms with Gasteiger partial charge in [0.2, 0.25) is 0 Å². The standard InChI is InChI=1S/C18H20N2O3/c1-18(2)13-22-11-10-20(18)17(21)14-4-3-5-16(12-14)23-15-6-8-19-9-7-15/h3-9,12H,10-11,13H2,1-2H3. The van der Waals surface area contributed by atoms with Gasteiger partial charge in [0.25, 0.3) is 5.91 Å². The van der Waals surface area contributed by atoms with Gasteiger partial charge in [-0.1, -0.05) is 6.07 Å². The van der Waals surface area contributed by atoms with Crippen LogP contribution in [0.25, 0.3) is 0 Å². The summed E-state index contributed by atoms with van der Waals surface area (Å²) in [5.74, 6) is 1.32. The van der Waals surface area contributed by atoms with E-state index in [0.29, 0.717) is 36.8 Å². The van der Waals surface area contributed by atoms with Crippen molar-refractivity contribution in [1.82, 2.24) is 9.88 Å². The van der Waals surface area contributed by atoms with Gasteiger partial charge in [-0.15, -0.1) is 0 Å². The van der Waals surface area contributed by atoms with Crippen LogP contribution in [0.5, 0.6) is 11.5 Å². The number of aromatic nitrogens is 1. The molecule has 0 bridgehead atoms. The predicted molar refractivity (Wildman–Crippen MR) is 86.7 cm³/mol. The number of hydrogen-bond donors (Lipinski definition) is 0. The highest BCUT2D eigenvalue weighted by Gasteiger charge is 2.34. The zero-order chi connectivity index (χ0) is 16.3. The SMILES string of the molecule is CC1(C)COCCN1C(=O)c1cccc(Oc2ccncc2)c1. The average Bonchev–Trinajstić information content (AvgIpc) is 2.55. The highest BCUT2D eigenvalue weighted by molar-refractivity contribution is 5.95. The quantitative estimate of drug-likeness (QED) is 0.874. The van der Waals surface area contributed by atoms with E-state index in [1.54, 1.807) is 30.6 Å². The number of carbonyl (C=O) groups excluding carboxylic acids is 1. The van der Waals surface area contributed by atoms with Gasteiger partial charge in [-0.3, -0.25) is 9.78 Å². The number of nitrogens with zero attached hydrogens (tertiary/aromatic N) is 2. The fourth-order valence-electron chi connectivity index (χ4n) is 2.63. The fourth-order valence-corrected chi connectivity index (χ4v) is 2.63. The highest BCUT2D eigenvalue weighted by Crippen LogP contribution is 2.25. The van der Waals surface area contributed by atoms with Crippen molar-refractivity contribution < 1.29 is 14.3 Å². The van der Waals surface area contributed by atoms with Crippen LogP contribution in [0, 0.1) is 0 Å². The number of amides is 1. The van der Waals surface area contributed by atoms with Gasteiger partial charge < -0.3 is 14.4 Å². The summed E-state index contributed by atoms with van der Waals surface area (Å²) in [6, 6.07) is 10.8. The smallest absolute Gasteiger partial charge is 0.254 e. The van der Waals surface area contributed by atoms with E-state index in [-0.39, 0.29) is 11.4 Å². The van der Waals surface area contributed by atoms with Crippen LogP contribution in [0.3, 0.4) is 0 Å². The lowest BCUT2D eigenvalue weighted by atomic mass is 10.0. The molecule has 1 aliphatic rings. The molecular weight excluding hydrogens is 292 g/mol. The lowest BCUT2D eigenvalue weighted by molar-refractivity contribution is -0.0370. The first-order valence-corrected chi connectivity index (χ1v) is 7.64. The zero-order valence-corrected chi connectivity index (χ0v) is 13.4. The fraction of sp³-hybridized carbons (Fsp3) is 0.333. The van der Waals surface area contributed by atoms with E-state index in [9.17, 15) is 4.79 Å². The molecule has 1 aliphatic heterocycles. The van der Waals surface area contributed by atoms with E-state index >= 15 is 0 Å². The van der Waals surface area contributed by atoms with Gasteiger partial charge in [-0.2, -0.15) is 0 Å². The maximum absolute atomic E-state index is 12.8. The van der Waals surface area contributed by atoms with Gasteiger partial charge >= 0.3 is 0 Å². The van der Waals surface area contributed by atoms with E-state index in [4.69, 9.17) is 9.47 Å². The molecule has 5 nitrogen and oxygen atoms in total. The minimum absolute atomic E-state index is 0.00141. The summed E-state index contributed by atoms with van der Waals surface area (Å²) in [6.45, 7) is 5.75. The summed E-state index contributed by atoms with van der Waals surface area (Å²) in [7, 11) is 0. The highest BCUT2D eigenvalue weighted by atomic mass is 16.5. The van der Waals surface area contributed by atoms with Crippen molar-refractivity contribution in [3.8, 4) is 11.5 Å². The summed E-state index contributed by atoms with van der Waals surface area (Å²) in [4.78, 5) is 18.6. The topological polar surface area (TPSA) is 51.7 Å². The third kappa shape index (κ3) is 3.51. The molecule has 2 heterocycles. The van der Waals surface area contributed by atoms with Crippen molar-refractivity contribution in [2.45, 2.75) is 19.4 Å². The molecule has 1 amide bonds. The monoisotopic (exact) mass is 312 g/mol. The summed E-state index contributed by atoms with van der Waals surface area (Å²) in [5.41, 5.74) is 0.309. The number of pyridine rings is 1. The second-order valence-corrected chi connectivity index (χ2v) is 6.13. The van der Waals surface area contributed by atoms with E-state index < -0.39 is 0 Å². The molecule has 0 N–H and O–H groups in total. The number of morpholine rings is 1. The first-order valence-electron chi connectivity index (χ1n) is 7.64. The normalized spacial score (nSPS) is 16.9. The van der Waals surface area contributed by atoms with E-state index in [1.165, 1.54) is 0 Å². The van der Waals surface area contributed by atoms with Crippen molar-refractivity contribution in [3.63, 3.8) is 0 Å². The predicted octanol–water partition coefficient (Wildman–Crippen LogP) is 3.12. The number of ether oxygens (including phenoxy) is 2. The Morgan fingerprint density at radius 1 is 1.22 bits per heavy atom. The van der Waals surface area contributed by atoms with Crippen molar-refractivity contribution in [3.05, 3.63) is 54.4 Å². The van der Waals surface area contributed by atoms with E-state index in [1.807, 2.05) is 36.9 Å². The Balaban J connectivity index is 1.80. The van der Waals surface area contributed by atoms with Gasteiger partial charge in [0.05, 0.1) is 18.8 Å². The molecule has 1 aromatic carbocycles. The summed E-state index contributed by atoms with van der Waals surface area (Å²) >= 11 is 0. The van der Waals surface area contributed by atoms with Gasteiger partial charge in [0.15, 0.2) is 0 Å². The van der Waals surface area contributed by atoms with Crippen LogP contribution < -0.4 is 4.74 Å². The lowest BCUT2D eigenvalue weighted by Crippen LogP contribution is -2.55. The molecule has 120 valence electrons. The molecule has 2 aromatic rings. The Morgan fingerprint density at radius 2 is 2.00 bits per heavy atom. The number of benzene rings is 1. The summed E-state index contributed by atoms with van der Waals surface area (Å²) in [5, 5.41) is 0. The first kappa shape index (κ1) is 15.5. The van der Waals surface area contributed by atoms with Crippen LogP contribution in [0.15, 0.2) is 48.8 Å². The van der Waals surface area contributed by atoms with Crippen LogP contribution in [0.1, 0.15) is 24.2 Å². The average molecular weight is 312 g/mol. The Hall–Kier alpha value is -2.40. The molecule has 0 radical (unpaired) electrons. The van der Waals surface area contributed by atoms with Crippen LogP contribution in [0.2, 0.25) is 0 Å². The Labute approximate surface area is 135 Å². The second-order valence-electron chi connectivity index (χ2n) is 6.13. The Morgan fingerprint density at radius 3 is 2.74 bits per heavy atom.